The zero-order valence-electron chi connectivity index (χ0n) is 39.5. The van der Waals surface area contributed by atoms with Crippen LogP contribution in [0.15, 0.2) is 60.8 Å². The minimum Gasteiger partial charge on any atom is -0.462 e. The van der Waals surface area contributed by atoms with Crippen molar-refractivity contribution in [1.82, 2.24) is 0 Å². The number of nitrogens with zero attached hydrogens (tertiary/aromatic N) is 1. The molecule has 0 bridgehead atoms. The van der Waals surface area contributed by atoms with Gasteiger partial charge in [0.15, 0.2) is 6.10 Å². The number of allylic oxidation sites excluding steroid dienone is 8. The number of likely N-dealkylation sites (N-methyl/N-ethyl adjacent to an activating group) is 1. The first-order valence-corrected chi connectivity index (χ1v) is 25.6. The number of aliphatic hydroxyl groups excluding tert-OH is 1. The molecule has 0 fully saturated rings. The summed E-state index contributed by atoms with van der Waals surface area (Å²) in [7, 11) is 1.41. The van der Waals surface area contributed by atoms with Crippen LogP contribution in [0.1, 0.15) is 187 Å². The van der Waals surface area contributed by atoms with Crippen molar-refractivity contribution in [2.45, 2.75) is 199 Å². The third-order valence-electron chi connectivity index (χ3n) is 10.1. The van der Waals surface area contributed by atoms with Crippen LogP contribution in [0.25, 0.3) is 0 Å². The largest absolute Gasteiger partial charge is 0.472 e. The van der Waals surface area contributed by atoms with Gasteiger partial charge in [-0.2, -0.15) is 0 Å². The van der Waals surface area contributed by atoms with Crippen LogP contribution in [0.5, 0.6) is 0 Å². The van der Waals surface area contributed by atoms with E-state index in [1.54, 1.807) is 6.08 Å². The first-order valence-electron chi connectivity index (χ1n) is 24.1. The van der Waals surface area contributed by atoms with Gasteiger partial charge < -0.3 is 24.0 Å². The number of phosphoric acid groups is 1. The molecule has 0 saturated carbocycles. The van der Waals surface area contributed by atoms with Crippen molar-refractivity contribution < 1.29 is 47.2 Å². The van der Waals surface area contributed by atoms with Gasteiger partial charge in [0.1, 0.15) is 19.8 Å². The van der Waals surface area contributed by atoms with E-state index in [1.165, 1.54) is 103 Å². The average molecular weight is 881 g/mol. The molecule has 0 saturated heterocycles. The van der Waals surface area contributed by atoms with Crippen molar-refractivity contribution in [3.8, 4) is 0 Å². The Labute approximate surface area is 373 Å². The van der Waals surface area contributed by atoms with Gasteiger partial charge in [0.25, 0.3) is 0 Å². The van der Waals surface area contributed by atoms with Crippen LogP contribution in [0.2, 0.25) is 0 Å². The lowest BCUT2D eigenvalue weighted by molar-refractivity contribution is -0.870. The van der Waals surface area contributed by atoms with Crippen LogP contribution >= 0.6 is 7.82 Å². The fraction of sp³-hybridized carbons (Fsp3) is 0.760. The van der Waals surface area contributed by atoms with E-state index in [0.717, 1.165) is 32.1 Å². The predicted molar refractivity (Wildman–Crippen MR) is 253 cm³/mol. The minimum atomic E-state index is -4.41. The topological polar surface area (TPSA) is 129 Å². The smallest absolute Gasteiger partial charge is 0.462 e. The summed E-state index contributed by atoms with van der Waals surface area (Å²) in [6, 6.07) is 0. The molecule has 0 aromatic rings. The van der Waals surface area contributed by atoms with Gasteiger partial charge >= 0.3 is 19.8 Å². The molecule has 0 radical (unpaired) electrons. The molecule has 0 heterocycles. The van der Waals surface area contributed by atoms with Crippen molar-refractivity contribution in [2.24, 2.45) is 0 Å². The SMILES string of the molecule is CCCCC/C=C\C=C/[C@@H](O)C/C=C\C/C=C/CCCC(=O)OC[C@H](COP(=O)(O)OCC[N+](C)(C)C)OC(=O)CCCCCCCCCCC/C=C\CCCCCCCC. The fourth-order valence-electron chi connectivity index (χ4n) is 6.26. The lowest BCUT2D eigenvalue weighted by Gasteiger charge is -2.24. The van der Waals surface area contributed by atoms with Crippen LogP contribution in [0, 0.1) is 0 Å². The summed E-state index contributed by atoms with van der Waals surface area (Å²) in [5.74, 6) is -0.908. The summed E-state index contributed by atoms with van der Waals surface area (Å²) in [5.41, 5.74) is 0. The molecule has 0 rings (SSSR count). The quantitative estimate of drug-likeness (QED) is 0.0154. The van der Waals surface area contributed by atoms with Crippen molar-refractivity contribution in [2.75, 3.05) is 47.5 Å². The molecule has 354 valence electrons. The van der Waals surface area contributed by atoms with E-state index >= 15 is 0 Å². The van der Waals surface area contributed by atoms with Gasteiger partial charge in [-0.1, -0.05) is 164 Å². The van der Waals surface area contributed by atoms with Crippen molar-refractivity contribution >= 4 is 19.8 Å². The van der Waals surface area contributed by atoms with Crippen LogP contribution in [-0.4, -0.2) is 86.1 Å². The molecule has 0 aliphatic rings. The number of ether oxygens (including phenoxy) is 2. The lowest BCUT2D eigenvalue weighted by Crippen LogP contribution is -2.37. The van der Waals surface area contributed by atoms with Gasteiger partial charge in [-0.25, -0.2) is 4.57 Å². The molecular formula is C50H91NO9P+. The Bertz CT molecular complexity index is 1240. The normalized spacial score (nSPS) is 14.5. The molecule has 10 nitrogen and oxygen atoms in total. The molecule has 0 aromatic carbocycles. The molecule has 1 unspecified atom stereocenters. The highest BCUT2D eigenvalue weighted by atomic mass is 31.2. The Morgan fingerprint density at radius 2 is 1.10 bits per heavy atom. The van der Waals surface area contributed by atoms with Crippen molar-refractivity contribution in [3.63, 3.8) is 0 Å². The minimum absolute atomic E-state index is 0.0105. The summed E-state index contributed by atoms with van der Waals surface area (Å²) in [6.07, 6.45) is 47.3. The Hall–Kier alpha value is -2.33. The lowest BCUT2D eigenvalue weighted by atomic mass is 10.1. The standard InChI is InChI=1S/C50H90NO9P/c1-6-8-10-12-14-15-16-17-18-19-20-21-22-23-24-25-29-34-38-42-50(54)60-48(46-59-61(55,56)58-44-43-51(3,4)5)45-57-49(53)41-37-33-30-26-28-32-36-40-47(52)39-35-31-27-13-11-9-7-2/h17-18,26-27,30-32,35-36,39,47-48,52H,6-16,19-25,28-29,33-34,37-38,40-46H2,1-5H3/p+1/b18-17-,30-26+,31-27-,36-32-,39-35-/t47-,48-/m1/s1. The molecule has 11 heteroatoms. The molecule has 3 atom stereocenters. The number of hydrogen-bond donors (Lipinski definition) is 2. The highest BCUT2D eigenvalue weighted by molar-refractivity contribution is 7.47. The number of carbonyl (C=O) groups excluding carboxylic acids is 2. The summed E-state index contributed by atoms with van der Waals surface area (Å²) in [6.45, 7) is 4.23. The zero-order chi connectivity index (χ0) is 45.1. The fourth-order valence-corrected chi connectivity index (χ4v) is 7.00. The number of hydrogen-bond acceptors (Lipinski definition) is 8. The number of aliphatic hydroxyl groups is 1. The maximum absolute atomic E-state index is 12.7. The van der Waals surface area contributed by atoms with Crippen LogP contribution < -0.4 is 0 Å². The number of unbranched alkanes of at least 4 members (excludes halogenated alkanes) is 19. The molecule has 0 aromatic heterocycles. The highest BCUT2D eigenvalue weighted by Gasteiger charge is 2.27. The Kier molecular flexibility index (Phi) is 40.1. The van der Waals surface area contributed by atoms with Gasteiger partial charge in [-0.15, -0.1) is 0 Å². The summed E-state index contributed by atoms with van der Waals surface area (Å²) in [4.78, 5) is 35.5. The maximum atomic E-state index is 12.7. The molecule has 61 heavy (non-hydrogen) atoms. The number of phosphoric ester groups is 1. The Morgan fingerprint density at radius 1 is 0.590 bits per heavy atom. The third kappa shape index (κ3) is 45.5. The Morgan fingerprint density at radius 3 is 1.74 bits per heavy atom. The zero-order valence-corrected chi connectivity index (χ0v) is 40.4. The molecule has 0 aliphatic carbocycles. The second-order valence-electron chi connectivity index (χ2n) is 17.3. The second kappa shape index (κ2) is 41.7. The molecule has 0 amide bonds. The third-order valence-corrected chi connectivity index (χ3v) is 11.1. The van der Waals surface area contributed by atoms with E-state index in [4.69, 9.17) is 18.5 Å². The highest BCUT2D eigenvalue weighted by Crippen LogP contribution is 2.43. The summed E-state index contributed by atoms with van der Waals surface area (Å²) >= 11 is 0. The van der Waals surface area contributed by atoms with Gasteiger partial charge in [0, 0.05) is 12.8 Å². The van der Waals surface area contributed by atoms with Gasteiger partial charge in [0.2, 0.25) is 0 Å². The van der Waals surface area contributed by atoms with Gasteiger partial charge in [0.05, 0.1) is 33.9 Å². The van der Waals surface area contributed by atoms with E-state index in [1.807, 2.05) is 57.6 Å². The molecular weight excluding hydrogens is 790 g/mol. The second-order valence-corrected chi connectivity index (χ2v) is 18.8. The number of carbonyl (C=O) groups is 2. The maximum Gasteiger partial charge on any atom is 0.472 e. The van der Waals surface area contributed by atoms with Gasteiger partial charge in [-0.3, -0.25) is 18.6 Å². The predicted octanol–water partition coefficient (Wildman–Crippen LogP) is 13.0. The van der Waals surface area contributed by atoms with E-state index in [-0.39, 0.29) is 26.1 Å². The van der Waals surface area contributed by atoms with E-state index in [0.29, 0.717) is 36.7 Å². The Balaban J connectivity index is 4.44. The van der Waals surface area contributed by atoms with Crippen molar-refractivity contribution in [1.29, 1.82) is 0 Å². The van der Waals surface area contributed by atoms with E-state index < -0.39 is 38.6 Å². The van der Waals surface area contributed by atoms with Crippen LogP contribution in [0.3, 0.4) is 0 Å². The molecule has 0 spiro atoms. The number of esters is 2. The summed E-state index contributed by atoms with van der Waals surface area (Å²) in [5, 5.41) is 10.1. The molecule has 0 aliphatic heterocycles. The van der Waals surface area contributed by atoms with Crippen molar-refractivity contribution in [3.05, 3.63) is 60.8 Å². The van der Waals surface area contributed by atoms with E-state index in [9.17, 15) is 24.2 Å². The van der Waals surface area contributed by atoms with Crippen LogP contribution in [0.4, 0.5) is 0 Å². The monoisotopic (exact) mass is 881 g/mol. The number of rotatable bonds is 43. The first kappa shape index (κ1) is 58.7. The average Bonchev–Trinajstić information content (AvgIpc) is 3.21. The van der Waals surface area contributed by atoms with Gasteiger partial charge in [-0.05, 0) is 70.6 Å². The summed E-state index contributed by atoms with van der Waals surface area (Å²) < 4.78 is 34.3. The van der Waals surface area contributed by atoms with E-state index in [2.05, 4.69) is 32.1 Å². The number of quaternary nitrogens is 1. The first-order chi connectivity index (χ1) is 29.4. The van der Waals surface area contributed by atoms with Crippen LogP contribution in [-0.2, 0) is 32.7 Å². The molecule has 2 N–H and O–H groups in total.